The van der Waals surface area contributed by atoms with Crippen molar-refractivity contribution >= 4 is 61.7 Å². The van der Waals surface area contributed by atoms with E-state index in [2.05, 4.69) is 9.71 Å². The second kappa shape index (κ2) is 9.37. The summed E-state index contributed by atoms with van der Waals surface area (Å²) < 4.78 is 28.6. The topological polar surface area (TPSA) is 99.3 Å². The predicted molar refractivity (Wildman–Crippen MR) is 131 cm³/mol. The molecule has 3 aromatic carbocycles. The summed E-state index contributed by atoms with van der Waals surface area (Å²) in [4.78, 5) is 14.6. The summed E-state index contributed by atoms with van der Waals surface area (Å²) in [5.41, 5.74) is 2.88. The molecule has 0 amide bonds. The third kappa shape index (κ3) is 5.03. The molecule has 6 nitrogen and oxygen atoms in total. The van der Waals surface area contributed by atoms with Crippen molar-refractivity contribution < 1.29 is 18.3 Å². The molecule has 0 aliphatic carbocycles. The first-order valence-electron chi connectivity index (χ1n) is 9.70. The van der Waals surface area contributed by atoms with E-state index < -0.39 is 16.0 Å². The summed E-state index contributed by atoms with van der Waals surface area (Å²) in [7, 11) is -4.02. The molecular formula is C23H17Cl3N2O4S. The monoisotopic (exact) mass is 522 g/mol. The average Bonchev–Trinajstić information content (AvgIpc) is 3.11. The van der Waals surface area contributed by atoms with Gasteiger partial charge in [-0.3, -0.25) is 4.79 Å². The van der Waals surface area contributed by atoms with Crippen molar-refractivity contribution in [1.29, 1.82) is 0 Å². The first-order valence-corrected chi connectivity index (χ1v) is 12.3. The molecule has 0 unspecified atom stereocenters. The summed E-state index contributed by atoms with van der Waals surface area (Å²) in [5, 5.41) is 11.0. The van der Waals surface area contributed by atoms with Gasteiger partial charge in [0.2, 0.25) is 10.0 Å². The van der Waals surface area contributed by atoms with Crippen molar-refractivity contribution in [1.82, 2.24) is 9.71 Å². The largest absolute Gasteiger partial charge is 0.481 e. The highest BCUT2D eigenvalue weighted by Gasteiger charge is 2.22. The molecule has 0 bridgehead atoms. The summed E-state index contributed by atoms with van der Waals surface area (Å²) in [6.45, 7) is -0.0600. The van der Waals surface area contributed by atoms with E-state index in [4.69, 9.17) is 34.8 Å². The van der Waals surface area contributed by atoms with Gasteiger partial charge in [0.15, 0.2) is 0 Å². The molecule has 0 atom stereocenters. The molecule has 10 heteroatoms. The van der Waals surface area contributed by atoms with Gasteiger partial charge >= 0.3 is 5.97 Å². The number of aromatic nitrogens is 1. The Balaban J connectivity index is 1.73. The molecule has 170 valence electrons. The maximum atomic E-state index is 13.1. The van der Waals surface area contributed by atoms with Crippen molar-refractivity contribution in [3.05, 3.63) is 86.9 Å². The van der Waals surface area contributed by atoms with Crippen molar-refractivity contribution in [3.63, 3.8) is 0 Å². The van der Waals surface area contributed by atoms with Crippen molar-refractivity contribution in [2.75, 3.05) is 0 Å². The fourth-order valence-corrected chi connectivity index (χ4v) is 5.57. The van der Waals surface area contributed by atoms with E-state index in [1.807, 2.05) is 24.3 Å². The number of nitrogens with one attached hydrogen (secondary N) is 2. The Morgan fingerprint density at radius 2 is 1.73 bits per heavy atom. The highest BCUT2D eigenvalue weighted by atomic mass is 35.5. The van der Waals surface area contributed by atoms with Crippen molar-refractivity contribution in [2.45, 2.75) is 17.9 Å². The zero-order valence-corrected chi connectivity index (χ0v) is 20.0. The standard InChI is InChI=1S/C23H17Cl3N2O4S/c24-15-7-5-14(19(26)10-15)12-27-33(31,32)21-9-13(6-8-18(21)25)23-17(11-22(29)30)16-3-1-2-4-20(16)28-23/h1-10,27-28H,11-12H2,(H,29,30). The minimum absolute atomic E-state index is 0.0318. The number of carboxylic acid groups (broad SMARTS) is 1. The van der Waals surface area contributed by atoms with E-state index in [9.17, 15) is 18.3 Å². The van der Waals surface area contributed by atoms with Gasteiger partial charge in [-0.15, -0.1) is 0 Å². The van der Waals surface area contributed by atoms with Crippen LogP contribution >= 0.6 is 34.8 Å². The van der Waals surface area contributed by atoms with Gasteiger partial charge in [0.05, 0.1) is 17.1 Å². The fraction of sp³-hybridized carbons (Fsp3) is 0.0870. The van der Waals surface area contributed by atoms with Crippen LogP contribution < -0.4 is 4.72 Å². The number of sulfonamides is 1. The van der Waals surface area contributed by atoms with Gasteiger partial charge in [-0.2, -0.15) is 0 Å². The smallest absolute Gasteiger partial charge is 0.307 e. The van der Waals surface area contributed by atoms with E-state index in [0.29, 0.717) is 32.4 Å². The summed E-state index contributed by atoms with van der Waals surface area (Å²) in [6.07, 6.45) is -0.225. The summed E-state index contributed by atoms with van der Waals surface area (Å²) >= 11 is 18.3. The first kappa shape index (κ1) is 23.6. The zero-order valence-electron chi connectivity index (χ0n) is 16.9. The van der Waals surface area contributed by atoms with E-state index in [0.717, 1.165) is 10.9 Å². The van der Waals surface area contributed by atoms with E-state index in [1.54, 1.807) is 18.2 Å². The van der Waals surface area contributed by atoms with Crippen LogP contribution in [0.15, 0.2) is 65.6 Å². The molecule has 0 saturated heterocycles. The van der Waals surface area contributed by atoms with Crippen LogP contribution in [-0.4, -0.2) is 24.5 Å². The van der Waals surface area contributed by atoms with Gasteiger partial charge in [0.25, 0.3) is 0 Å². The maximum absolute atomic E-state index is 13.1. The van der Waals surface area contributed by atoms with E-state index in [1.165, 1.54) is 18.2 Å². The van der Waals surface area contributed by atoms with Gasteiger partial charge in [-0.1, -0.05) is 65.1 Å². The van der Waals surface area contributed by atoms with Crippen LogP contribution in [0.1, 0.15) is 11.1 Å². The number of aliphatic carboxylic acids is 1. The predicted octanol–water partition coefficient (Wildman–Crippen LogP) is 5.90. The van der Waals surface area contributed by atoms with Crippen molar-refractivity contribution in [2.24, 2.45) is 0 Å². The fourth-order valence-electron chi connectivity index (χ4n) is 3.56. The second-order valence-corrected chi connectivity index (χ2v) is 10.3. The van der Waals surface area contributed by atoms with Gasteiger partial charge in [-0.05, 0) is 47.0 Å². The summed E-state index contributed by atoms with van der Waals surface area (Å²) in [5.74, 6) is -0.996. The van der Waals surface area contributed by atoms with Crippen LogP contribution in [0.25, 0.3) is 22.2 Å². The SMILES string of the molecule is O=C(O)Cc1c(-c2ccc(Cl)c(S(=O)(=O)NCc3ccc(Cl)cc3Cl)c2)[nH]c2ccccc12. The molecule has 0 aliphatic rings. The Hall–Kier alpha value is -2.55. The number of fused-ring (bicyclic) bond motifs is 1. The maximum Gasteiger partial charge on any atom is 0.307 e. The summed E-state index contributed by atoms with van der Waals surface area (Å²) in [6, 6.07) is 16.6. The number of H-pyrrole nitrogens is 1. The first-order chi connectivity index (χ1) is 15.7. The molecule has 3 N–H and O–H groups in total. The number of halogens is 3. The number of hydrogen-bond acceptors (Lipinski definition) is 3. The molecule has 4 rings (SSSR count). The molecular weight excluding hydrogens is 507 g/mol. The van der Waals surface area contributed by atoms with Gasteiger partial charge in [-0.25, -0.2) is 13.1 Å². The van der Waals surface area contributed by atoms with Crippen LogP contribution in [0.3, 0.4) is 0 Å². The lowest BCUT2D eigenvalue weighted by atomic mass is 10.0. The van der Waals surface area contributed by atoms with Gasteiger partial charge in [0, 0.05) is 27.5 Å². The number of carboxylic acids is 1. The Labute approximate surface area is 205 Å². The van der Waals surface area contributed by atoms with E-state index >= 15 is 0 Å². The number of hydrogen-bond donors (Lipinski definition) is 3. The third-order valence-electron chi connectivity index (χ3n) is 5.12. The molecule has 0 radical (unpaired) electrons. The minimum atomic E-state index is -4.02. The Bertz CT molecular complexity index is 1480. The number of benzene rings is 3. The van der Waals surface area contributed by atoms with E-state index in [-0.39, 0.29) is 22.9 Å². The van der Waals surface area contributed by atoms with Crippen LogP contribution in [0, 0.1) is 0 Å². The lowest BCUT2D eigenvalue weighted by Crippen LogP contribution is -2.23. The molecule has 33 heavy (non-hydrogen) atoms. The molecule has 1 heterocycles. The van der Waals surface area contributed by atoms with Crippen LogP contribution in [0.4, 0.5) is 0 Å². The third-order valence-corrected chi connectivity index (χ3v) is 7.59. The van der Waals surface area contributed by atoms with Gasteiger partial charge in [0.1, 0.15) is 4.90 Å². The Morgan fingerprint density at radius 1 is 0.970 bits per heavy atom. The lowest BCUT2D eigenvalue weighted by Gasteiger charge is -2.12. The quantitative estimate of drug-likeness (QED) is 0.281. The normalized spacial score (nSPS) is 11.7. The van der Waals surface area contributed by atoms with Crippen LogP contribution in [-0.2, 0) is 27.8 Å². The highest BCUT2D eigenvalue weighted by Crippen LogP contribution is 2.34. The second-order valence-electron chi connectivity index (χ2n) is 7.30. The molecule has 0 saturated carbocycles. The Kier molecular flexibility index (Phi) is 6.70. The number of rotatable bonds is 7. The minimum Gasteiger partial charge on any atom is -0.481 e. The van der Waals surface area contributed by atoms with Crippen LogP contribution in [0.2, 0.25) is 15.1 Å². The highest BCUT2D eigenvalue weighted by molar-refractivity contribution is 7.89. The molecule has 0 spiro atoms. The number of aromatic amines is 1. The zero-order chi connectivity index (χ0) is 23.8. The average molecular weight is 524 g/mol. The van der Waals surface area contributed by atoms with Crippen LogP contribution in [0.5, 0.6) is 0 Å². The lowest BCUT2D eigenvalue weighted by molar-refractivity contribution is -0.136. The number of para-hydroxylation sites is 1. The molecule has 1 aromatic heterocycles. The number of carbonyl (C=O) groups is 1. The molecule has 0 aliphatic heterocycles. The van der Waals surface area contributed by atoms with Gasteiger partial charge < -0.3 is 10.1 Å². The van der Waals surface area contributed by atoms with Crippen molar-refractivity contribution in [3.8, 4) is 11.3 Å². The molecule has 4 aromatic rings. The molecule has 0 fully saturated rings. The Morgan fingerprint density at radius 3 is 2.45 bits per heavy atom.